The Morgan fingerprint density at radius 2 is 1.70 bits per heavy atom. The molecule has 5 nitrogen and oxygen atoms in total. The van der Waals surface area contributed by atoms with Gasteiger partial charge in [0.15, 0.2) is 0 Å². The molecule has 0 unspecified atom stereocenters. The number of nitrogens with one attached hydrogen (secondary N) is 1. The highest BCUT2D eigenvalue weighted by Gasteiger charge is 2.16. The molecule has 0 spiro atoms. The van der Waals surface area contributed by atoms with Crippen LogP contribution in [0.2, 0.25) is 0 Å². The minimum absolute atomic E-state index is 0.270. The van der Waals surface area contributed by atoms with Crippen LogP contribution in [0.4, 0.5) is 0 Å². The van der Waals surface area contributed by atoms with E-state index < -0.39 is 0 Å². The molecule has 0 radical (unpaired) electrons. The quantitative estimate of drug-likeness (QED) is 0.490. The first-order valence-corrected chi connectivity index (χ1v) is 9.37. The average Bonchev–Trinajstić information content (AvgIpc) is 2.84. The normalized spacial score (nSPS) is 11.1. The highest BCUT2D eigenvalue weighted by molar-refractivity contribution is 9.10. The average molecular weight is 425 g/mol. The Hall–Kier alpha value is -2.73. The highest BCUT2D eigenvalue weighted by Crippen LogP contribution is 2.30. The van der Waals surface area contributed by atoms with Crippen LogP contribution < -0.4 is 5.43 Å². The molecule has 1 amide bonds. The van der Waals surface area contributed by atoms with E-state index in [9.17, 15) is 4.79 Å². The van der Waals surface area contributed by atoms with Crippen LogP contribution in [0.25, 0.3) is 5.69 Å². The molecule has 1 N–H and O–H groups in total. The third-order valence-corrected chi connectivity index (χ3v) is 5.38. The number of pyridine rings is 1. The minimum atomic E-state index is -0.270. The number of carbonyl (C=O) groups excluding carboxylic acids is 1. The largest absolute Gasteiger partial charge is 0.317 e. The van der Waals surface area contributed by atoms with Crippen molar-refractivity contribution in [3.8, 4) is 5.69 Å². The standard InChI is InChI=1S/C21H21BrN4O/c1-13-9-14(2)11-18(10-13)26-15(3)19(20(22)16(26)4)12-24-25-21(27)17-5-7-23-8-6-17/h5-12H,1-4H3,(H,25,27)/b24-12-. The van der Waals surface area contributed by atoms with Gasteiger partial charge in [0.05, 0.1) is 6.21 Å². The van der Waals surface area contributed by atoms with E-state index in [0.717, 1.165) is 27.1 Å². The smallest absolute Gasteiger partial charge is 0.271 e. The van der Waals surface area contributed by atoms with Crippen LogP contribution in [0.1, 0.15) is 38.4 Å². The van der Waals surface area contributed by atoms with Gasteiger partial charge in [0, 0.05) is 45.1 Å². The van der Waals surface area contributed by atoms with E-state index in [-0.39, 0.29) is 5.91 Å². The number of hydrogen-bond acceptors (Lipinski definition) is 3. The molecule has 0 aliphatic carbocycles. The summed E-state index contributed by atoms with van der Waals surface area (Å²) in [5.74, 6) is -0.270. The van der Waals surface area contributed by atoms with Gasteiger partial charge in [-0.05, 0) is 79.0 Å². The molecule has 0 aliphatic rings. The van der Waals surface area contributed by atoms with Crippen molar-refractivity contribution in [2.24, 2.45) is 5.10 Å². The van der Waals surface area contributed by atoms with Gasteiger partial charge in [-0.1, -0.05) is 6.07 Å². The Morgan fingerprint density at radius 1 is 1.07 bits per heavy atom. The summed E-state index contributed by atoms with van der Waals surface area (Å²) in [7, 11) is 0. The molecular formula is C21H21BrN4O. The van der Waals surface area contributed by atoms with Crippen LogP contribution in [0.5, 0.6) is 0 Å². The summed E-state index contributed by atoms with van der Waals surface area (Å²) >= 11 is 3.67. The lowest BCUT2D eigenvalue weighted by Gasteiger charge is -2.11. The summed E-state index contributed by atoms with van der Waals surface area (Å²) in [5, 5.41) is 4.13. The van der Waals surface area contributed by atoms with Crippen LogP contribution in [0.15, 0.2) is 52.3 Å². The molecule has 2 aromatic heterocycles. The van der Waals surface area contributed by atoms with Gasteiger partial charge in [0.25, 0.3) is 5.91 Å². The number of benzene rings is 1. The first kappa shape index (κ1) is 19.0. The number of nitrogens with zero attached hydrogens (tertiary/aromatic N) is 3. The van der Waals surface area contributed by atoms with E-state index in [2.05, 4.69) is 75.0 Å². The van der Waals surface area contributed by atoms with Gasteiger partial charge in [-0.15, -0.1) is 0 Å². The summed E-state index contributed by atoms with van der Waals surface area (Å²) in [6, 6.07) is 9.76. The lowest BCUT2D eigenvalue weighted by molar-refractivity contribution is 0.0955. The van der Waals surface area contributed by atoms with Crippen molar-refractivity contribution in [1.82, 2.24) is 15.0 Å². The maximum atomic E-state index is 12.1. The van der Waals surface area contributed by atoms with Gasteiger partial charge in [-0.25, -0.2) is 5.43 Å². The SMILES string of the molecule is Cc1cc(C)cc(-n2c(C)c(Br)c(/C=N\NC(=O)c3ccncc3)c2C)c1. The van der Waals surface area contributed by atoms with E-state index in [1.165, 1.54) is 11.1 Å². The summed E-state index contributed by atoms with van der Waals surface area (Å²) in [5.41, 5.74) is 9.69. The fraction of sp³-hybridized carbons (Fsp3) is 0.190. The third-order valence-electron chi connectivity index (χ3n) is 4.38. The van der Waals surface area contributed by atoms with Crippen LogP contribution in [-0.4, -0.2) is 21.7 Å². The van der Waals surface area contributed by atoms with E-state index in [4.69, 9.17) is 0 Å². The molecule has 0 saturated heterocycles. The van der Waals surface area contributed by atoms with Crippen LogP contribution >= 0.6 is 15.9 Å². The molecule has 138 valence electrons. The number of halogens is 1. The fourth-order valence-electron chi connectivity index (χ4n) is 3.16. The summed E-state index contributed by atoms with van der Waals surface area (Å²) in [4.78, 5) is 16.0. The number of amides is 1. The second-order valence-corrected chi connectivity index (χ2v) is 7.31. The highest BCUT2D eigenvalue weighted by atomic mass is 79.9. The number of rotatable bonds is 4. The number of hydrazone groups is 1. The Labute approximate surface area is 167 Å². The monoisotopic (exact) mass is 424 g/mol. The summed E-state index contributed by atoms with van der Waals surface area (Å²) in [6.45, 7) is 8.29. The molecule has 0 aliphatic heterocycles. The number of hydrogen-bond donors (Lipinski definition) is 1. The zero-order valence-corrected chi connectivity index (χ0v) is 17.3. The minimum Gasteiger partial charge on any atom is -0.317 e. The predicted molar refractivity (Wildman–Crippen MR) is 112 cm³/mol. The van der Waals surface area contributed by atoms with Gasteiger partial charge >= 0.3 is 0 Å². The number of aromatic nitrogens is 2. The summed E-state index contributed by atoms with van der Waals surface area (Å²) in [6.07, 6.45) is 4.82. The van der Waals surface area contributed by atoms with Crippen molar-refractivity contribution in [2.45, 2.75) is 27.7 Å². The van der Waals surface area contributed by atoms with Crippen molar-refractivity contribution in [1.29, 1.82) is 0 Å². The van der Waals surface area contributed by atoms with Gasteiger partial charge in [-0.3, -0.25) is 9.78 Å². The van der Waals surface area contributed by atoms with E-state index in [1.807, 2.05) is 6.92 Å². The van der Waals surface area contributed by atoms with Crippen LogP contribution in [0.3, 0.4) is 0 Å². The van der Waals surface area contributed by atoms with Crippen molar-refractivity contribution >= 4 is 28.1 Å². The predicted octanol–water partition coefficient (Wildman–Crippen LogP) is 4.63. The molecular weight excluding hydrogens is 404 g/mol. The Bertz CT molecular complexity index is 1000. The molecule has 1 aromatic carbocycles. The first-order chi connectivity index (χ1) is 12.9. The Balaban J connectivity index is 1.90. The van der Waals surface area contributed by atoms with E-state index in [1.54, 1.807) is 30.7 Å². The molecule has 2 heterocycles. The van der Waals surface area contributed by atoms with Crippen LogP contribution in [0, 0.1) is 27.7 Å². The van der Waals surface area contributed by atoms with Gasteiger partial charge in [-0.2, -0.15) is 5.10 Å². The van der Waals surface area contributed by atoms with Crippen molar-refractivity contribution < 1.29 is 4.79 Å². The molecule has 0 bridgehead atoms. The summed E-state index contributed by atoms with van der Waals surface area (Å²) < 4.78 is 3.15. The maximum absolute atomic E-state index is 12.1. The zero-order valence-electron chi connectivity index (χ0n) is 15.7. The fourth-order valence-corrected chi connectivity index (χ4v) is 3.73. The van der Waals surface area contributed by atoms with Crippen molar-refractivity contribution in [3.63, 3.8) is 0 Å². The topological polar surface area (TPSA) is 59.3 Å². The second kappa shape index (κ2) is 7.88. The number of aryl methyl sites for hydroxylation is 2. The van der Waals surface area contributed by atoms with Gasteiger partial charge in [0.1, 0.15) is 0 Å². The van der Waals surface area contributed by atoms with E-state index >= 15 is 0 Å². The Morgan fingerprint density at radius 3 is 2.33 bits per heavy atom. The lowest BCUT2D eigenvalue weighted by atomic mass is 10.1. The molecule has 0 saturated carbocycles. The zero-order chi connectivity index (χ0) is 19.6. The van der Waals surface area contributed by atoms with Crippen molar-refractivity contribution in [3.05, 3.63) is 80.8 Å². The molecule has 27 heavy (non-hydrogen) atoms. The van der Waals surface area contributed by atoms with Crippen LogP contribution in [-0.2, 0) is 0 Å². The lowest BCUT2D eigenvalue weighted by Crippen LogP contribution is -2.17. The first-order valence-electron chi connectivity index (χ1n) is 8.58. The maximum Gasteiger partial charge on any atom is 0.271 e. The number of carbonyl (C=O) groups is 1. The molecule has 3 aromatic rings. The Kier molecular flexibility index (Phi) is 5.56. The van der Waals surface area contributed by atoms with Crippen molar-refractivity contribution in [2.75, 3.05) is 0 Å². The molecule has 3 rings (SSSR count). The molecule has 0 atom stereocenters. The van der Waals surface area contributed by atoms with E-state index in [0.29, 0.717) is 5.56 Å². The third kappa shape index (κ3) is 4.01. The van der Waals surface area contributed by atoms with Gasteiger partial charge in [0.2, 0.25) is 0 Å². The second-order valence-electron chi connectivity index (χ2n) is 6.51. The van der Waals surface area contributed by atoms with Gasteiger partial charge < -0.3 is 4.57 Å². The molecule has 6 heteroatoms. The molecule has 0 fully saturated rings.